The molecule has 0 aromatic heterocycles. The van der Waals surface area contributed by atoms with Crippen molar-refractivity contribution in [1.29, 1.82) is 0 Å². The minimum Gasteiger partial charge on any atom is -0.490 e. The van der Waals surface area contributed by atoms with Crippen LogP contribution in [0.5, 0.6) is 11.5 Å². The maximum atomic E-state index is 11.1. The third-order valence-electron chi connectivity index (χ3n) is 3.87. The average Bonchev–Trinajstić information content (AvgIpc) is 2.50. The first kappa shape index (κ1) is 16.6. The summed E-state index contributed by atoms with van der Waals surface area (Å²) in [4.78, 5) is 13.3. The standard InChI is InChI=1S/C17H25NO4/c1-3-21-15-8-7-13(10-16(15)22-4-2)11-18-9-5-6-14(12-18)17(19)20/h7-8,10,14H,3-6,9,11-12H2,1-2H3,(H,19,20). The largest absolute Gasteiger partial charge is 0.490 e. The van der Waals surface area contributed by atoms with Crippen LogP contribution in [0.1, 0.15) is 32.3 Å². The predicted molar refractivity (Wildman–Crippen MR) is 84.4 cm³/mol. The first-order chi connectivity index (χ1) is 10.6. The molecule has 0 aliphatic carbocycles. The summed E-state index contributed by atoms with van der Waals surface area (Å²) in [7, 11) is 0. The van der Waals surface area contributed by atoms with Gasteiger partial charge in [0.2, 0.25) is 0 Å². The number of hydrogen-bond acceptors (Lipinski definition) is 4. The lowest BCUT2D eigenvalue weighted by atomic mass is 9.98. The zero-order valence-electron chi connectivity index (χ0n) is 13.4. The Hall–Kier alpha value is -1.75. The normalized spacial score (nSPS) is 18.9. The second-order valence-electron chi connectivity index (χ2n) is 5.56. The highest BCUT2D eigenvalue weighted by Gasteiger charge is 2.25. The van der Waals surface area contributed by atoms with Gasteiger partial charge in [-0.3, -0.25) is 9.69 Å². The van der Waals surface area contributed by atoms with E-state index in [1.165, 1.54) is 0 Å². The molecule has 5 heteroatoms. The van der Waals surface area contributed by atoms with Crippen LogP contribution in [-0.4, -0.2) is 42.3 Å². The quantitative estimate of drug-likeness (QED) is 0.839. The van der Waals surface area contributed by atoms with Gasteiger partial charge < -0.3 is 14.6 Å². The molecule has 0 saturated carbocycles. The zero-order chi connectivity index (χ0) is 15.9. The van der Waals surface area contributed by atoms with Crippen LogP contribution in [-0.2, 0) is 11.3 Å². The SMILES string of the molecule is CCOc1ccc(CN2CCCC(C(=O)O)C2)cc1OCC. The van der Waals surface area contributed by atoms with Crippen molar-refractivity contribution in [3.63, 3.8) is 0 Å². The molecule has 1 aliphatic heterocycles. The van der Waals surface area contributed by atoms with E-state index in [2.05, 4.69) is 4.90 Å². The molecule has 1 heterocycles. The van der Waals surface area contributed by atoms with Gasteiger partial charge in [-0.05, 0) is 50.9 Å². The van der Waals surface area contributed by atoms with Crippen molar-refractivity contribution in [2.24, 2.45) is 5.92 Å². The summed E-state index contributed by atoms with van der Waals surface area (Å²) in [5.41, 5.74) is 1.12. The Labute approximate surface area is 131 Å². The van der Waals surface area contributed by atoms with Crippen LogP contribution >= 0.6 is 0 Å². The highest BCUT2D eigenvalue weighted by Crippen LogP contribution is 2.29. The number of likely N-dealkylation sites (tertiary alicyclic amines) is 1. The van der Waals surface area contributed by atoms with Crippen molar-refractivity contribution in [2.75, 3.05) is 26.3 Å². The van der Waals surface area contributed by atoms with Crippen LogP contribution in [0.4, 0.5) is 0 Å². The van der Waals surface area contributed by atoms with Crippen LogP contribution in [0.2, 0.25) is 0 Å². The molecule has 1 aromatic rings. The molecule has 0 radical (unpaired) electrons. The molecule has 1 fully saturated rings. The van der Waals surface area contributed by atoms with E-state index in [0.717, 1.165) is 43.0 Å². The number of piperidine rings is 1. The van der Waals surface area contributed by atoms with Crippen LogP contribution in [0, 0.1) is 5.92 Å². The average molecular weight is 307 g/mol. The summed E-state index contributed by atoms with van der Waals surface area (Å²) >= 11 is 0. The van der Waals surface area contributed by atoms with Crippen LogP contribution in [0.15, 0.2) is 18.2 Å². The van der Waals surface area contributed by atoms with Gasteiger partial charge in [-0.1, -0.05) is 6.07 Å². The minimum atomic E-state index is -0.689. The number of hydrogen-bond donors (Lipinski definition) is 1. The van der Waals surface area contributed by atoms with Crippen molar-refractivity contribution < 1.29 is 19.4 Å². The fraction of sp³-hybridized carbons (Fsp3) is 0.588. The van der Waals surface area contributed by atoms with E-state index in [0.29, 0.717) is 19.8 Å². The summed E-state index contributed by atoms with van der Waals surface area (Å²) in [6, 6.07) is 5.96. The second kappa shape index (κ2) is 8.03. The van der Waals surface area contributed by atoms with Crippen LogP contribution in [0.3, 0.4) is 0 Å². The molecule has 1 N–H and O–H groups in total. The summed E-state index contributed by atoms with van der Waals surface area (Å²) < 4.78 is 11.2. The number of carbonyl (C=O) groups is 1. The predicted octanol–water partition coefficient (Wildman–Crippen LogP) is 2.78. The van der Waals surface area contributed by atoms with E-state index >= 15 is 0 Å². The summed E-state index contributed by atoms with van der Waals surface area (Å²) in [6.07, 6.45) is 1.71. The number of carboxylic acids is 1. The first-order valence-electron chi connectivity index (χ1n) is 7.97. The lowest BCUT2D eigenvalue weighted by Crippen LogP contribution is -2.38. The summed E-state index contributed by atoms with van der Waals surface area (Å²) in [5.74, 6) is 0.581. The molecule has 1 saturated heterocycles. The van der Waals surface area contributed by atoms with E-state index in [9.17, 15) is 4.79 Å². The Morgan fingerprint density at radius 2 is 2.00 bits per heavy atom. The molecule has 0 bridgehead atoms. The summed E-state index contributed by atoms with van der Waals surface area (Å²) in [5, 5.41) is 9.17. The Morgan fingerprint density at radius 1 is 1.27 bits per heavy atom. The molecule has 0 spiro atoms. The molecule has 0 amide bonds. The molecule has 1 unspecified atom stereocenters. The van der Waals surface area contributed by atoms with E-state index in [-0.39, 0.29) is 5.92 Å². The van der Waals surface area contributed by atoms with Gasteiger partial charge in [-0.25, -0.2) is 0 Å². The van der Waals surface area contributed by atoms with Gasteiger partial charge in [-0.15, -0.1) is 0 Å². The van der Waals surface area contributed by atoms with Gasteiger partial charge in [0, 0.05) is 13.1 Å². The molecule has 2 rings (SSSR count). The number of carboxylic acid groups (broad SMARTS) is 1. The number of nitrogens with zero attached hydrogens (tertiary/aromatic N) is 1. The van der Waals surface area contributed by atoms with E-state index in [1.54, 1.807) is 0 Å². The third kappa shape index (κ3) is 4.37. The van der Waals surface area contributed by atoms with Crippen molar-refractivity contribution in [3.05, 3.63) is 23.8 Å². The number of ether oxygens (including phenoxy) is 2. The second-order valence-corrected chi connectivity index (χ2v) is 5.56. The Kier molecular flexibility index (Phi) is 6.07. The van der Waals surface area contributed by atoms with Gasteiger partial charge in [0.05, 0.1) is 19.1 Å². The van der Waals surface area contributed by atoms with Gasteiger partial charge in [0.25, 0.3) is 0 Å². The van der Waals surface area contributed by atoms with Crippen molar-refractivity contribution in [1.82, 2.24) is 4.90 Å². The summed E-state index contributed by atoms with van der Waals surface area (Å²) in [6.45, 7) is 7.40. The minimum absolute atomic E-state index is 0.247. The molecule has 122 valence electrons. The molecule has 1 aromatic carbocycles. The Bertz CT molecular complexity index is 503. The van der Waals surface area contributed by atoms with Gasteiger partial charge in [0.15, 0.2) is 11.5 Å². The highest BCUT2D eigenvalue weighted by molar-refractivity contribution is 5.70. The number of aliphatic carboxylic acids is 1. The fourth-order valence-corrected chi connectivity index (χ4v) is 2.85. The zero-order valence-corrected chi connectivity index (χ0v) is 13.4. The Balaban J connectivity index is 2.05. The van der Waals surface area contributed by atoms with Gasteiger partial charge in [-0.2, -0.15) is 0 Å². The lowest BCUT2D eigenvalue weighted by Gasteiger charge is -2.30. The van der Waals surface area contributed by atoms with Crippen molar-refractivity contribution >= 4 is 5.97 Å². The fourth-order valence-electron chi connectivity index (χ4n) is 2.85. The molecule has 22 heavy (non-hydrogen) atoms. The smallest absolute Gasteiger partial charge is 0.307 e. The lowest BCUT2D eigenvalue weighted by molar-refractivity contribution is -0.143. The molecular weight excluding hydrogens is 282 g/mol. The Morgan fingerprint density at radius 3 is 2.68 bits per heavy atom. The van der Waals surface area contributed by atoms with E-state index < -0.39 is 5.97 Å². The van der Waals surface area contributed by atoms with Gasteiger partial charge >= 0.3 is 5.97 Å². The highest BCUT2D eigenvalue weighted by atomic mass is 16.5. The van der Waals surface area contributed by atoms with E-state index in [1.807, 2.05) is 32.0 Å². The molecular formula is C17H25NO4. The monoisotopic (exact) mass is 307 g/mol. The topological polar surface area (TPSA) is 59.0 Å². The molecule has 5 nitrogen and oxygen atoms in total. The molecule has 1 atom stereocenters. The maximum absolute atomic E-state index is 11.1. The number of rotatable bonds is 7. The van der Waals surface area contributed by atoms with Gasteiger partial charge in [0.1, 0.15) is 0 Å². The number of benzene rings is 1. The third-order valence-corrected chi connectivity index (χ3v) is 3.87. The van der Waals surface area contributed by atoms with Crippen LogP contribution < -0.4 is 9.47 Å². The maximum Gasteiger partial charge on any atom is 0.307 e. The van der Waals surface area contributed by atoms with Crippen LogP contribution in [0.25, 0.3) is 0 Å². The van der Waals surface area contributed by atoms with Crippen molar-refractivity contribution in [2.45, 2.75) is 33.2 Å². The van der Waals surface area contributed by atoms with E-state index in [4.69, 9.17) is 14.6 Å². The molecule has 1 aliphatic rings. The van der Waals surface area contributed by atoms with Crippen molar-refractivity contribution in [3.8, 4) is 11.5 Å². The first-order valence-corrected chi connectivity index (χ1v) is 7.97.